The van der Waals surface area contributed by atoms with Crippen LogP contribution >= 0.6 is 0 Å². The molecule has 1 N–H and O–H groups in total. The topological polar surface area (TPSA) is 38.0 Å². The molecule has 1 aliphatic carbocycles. The second kappa shape index (κ2) is 5.41. The minimum absolute atomic E-state index is 0.0723. The Hall–Kier alpha value is -1.61. The van der Waals surface area contributed by atoms with Crippen LogP contribution in [0.4, 0.5) is 0 Å². The summed E-state index contributed by atoms with van der Waals surface area (Å²) in [5, 5.41) is 15.1. The van der Waals surface area contributed by atoms with Gasteiger partial charge < -0.3 is 5.11 Å². The first-order chi connectivity index (χ1) is 9.71. The van der Waals surface area contributed by atoms with Crippen molar-refractivity contribution in [1.82, 2.24) is 9.78 Å². The van der Waals surface area contributed by atoms with Crippen LogP contribution in [-0.2, 0) is 18.9 Å². The van der Waals surface area contributed by atoms with E-state index in [1.807, 2.05) is 25.5 Å². The molecular weight excluding hydrogens is 248 g/mol. The van der Waals surface area contributed by atoms with Crippen molar-refractivity contribution in [3.8, 4) is 0 Å². The highest BCUT2D eigenvalue weighted by atomic mass is 16.3. The van der Waals surface area contributed by atoms with Crippen LogP contribution < -0.4 is 0 Å². The third-order valence-corrected chi connectivity index (χ3v) is 4.67. The van der Waals surface area contributed by atoms with Gasteiger partial charge in [-0.05, 0) is 24.0 Å². The van der Waals surface area contributed by atoms with Crippen LogP contribution in [0, 0.1) is 0 Å². The second-order valence-corrected chi connectivity index (χ2v) is 5.97. The maximum absolute atomic E-state index is 10.9. The van der Waals surface area contributed by atoms with Gasteiger partial charge in [-0.1, -0.05) is 43.2 Å². The van der Waals surface area contributed by atoms with E-state index in [2.05, 4.69) is 29.4 Å². The van der Waals surface area contributed by atoms with Crippen LogP contribution in [0.25, 0.3) is 0 Å². The van der Waals surface area contributed by atoms with Crippen molar-refractivity contribution in [2.75, 3.05) is 0 Å². The number of hydrogen-bond donors (Lipinski definition) is 1. The van der Waals surface area contributed by atoms with Crippen LogP contribution in [0.1, 0.15) is 36.8 Å². The first kappa shape index (κ1) is 13.4. The van der Waals surface area contributed by atoms with E-state index in [0.29, 0.717) is 6.42 Å². The predicted molar refractivity (Wildman–Crippen MR) is 79.5 cm³/mol. The molecule has 20 heavy (non-hydrogen) atoms. The van der Waals surface area contributed by atoms with Gasteiger partial charge >= 0.3 is 0 Å². The van der Waals surface area contributed by atoms with Crippen molar-refractivity contribution in [3.63, 3.8) is 0 Å². The van der Waals surface area contributed by atoms with Gasteiger partial charge in [0.1, 0.15) is 0 Å². The fourth-order valence-electron chi connectivity index (χ4n) is 3.59. The summed E-state index contributed by atoms with van der Waals surface area (Å²) in [7, 11) is 1.92. The molecule has 0 radical (unpaired) electrons. The number of aromatic nitrogens is 2. The van der Waals surface area contributed by atoms with Crippen LogP contribution in [0.15, 0.2) is 42.7 Å². The first-order valence-electron chi connectivity index (χ1n) is 7.42. The number of hydrogen-bond acceptors (Lipinski definition) is 2. The third kappa shape index (κ3) is 2.38. The Morgan fingerprint density at radius 1 is 1.25 bits per heavy atom. The molecule has 1 atom stereocenters. The van der Waals surface area contributed by atoms with Crippen LogP contribution in [0.2, 0.25) is 0 Å². The molecule has 0 amide bonds. The van der Waals surface area contributed by atoms with E-state index in [1.54, 1.807) is 4.68 Å². The van der Waals surface area contributed by atoms with E-state index >= 15 is 0 Å². The molecule has 0 aliphatic heterocycles. The molecule has 1 aromatic carbocycles. The van der Waals surface area contributed by atoms with Crippen molar-refractivity contribution in [2.45, 2.75) is 43.6 Å². The monoisotopic (exact) mass is 270 g/mol. The lowest BCUT2D eigenvalue weighted by Gasteiger charge is -2.35. The molecule has 1 unspecified atom stereocenters. The highest BCUT2D eigenvalue weighted by molar-refractivity contribution is 5.29. The first-order valence-corrected chi connectivity index (χ1v) is 7.42. The fraction of sp³-hybridized carbons (Fsp3) is 0.471. The summed E-state index contributed by atoms with van der Waals surface area (Å²) in [6, 6.07) is 10.5. The molecule has 1 aromatic heterocycles. The zero-order valence-electron chi connectivity index (χ0n) is 12.0. The number of aliphatic hydroxyl groups excluding tert-OH is 1. The normalized spacial score (nSPS) is 19.1. The van der Waals surface area contributed by atoms with Gasteiger partial charge in [-0.3, -0.25) is 4.68 Å². The van der Waals surface area contributed by atoms with Crippen LogP contribution in [0.5, 0.6) is 0 Å². The molecule has 1 fully saturated rings. The van der Waals surface area contributed by atoms with Gasteiger partial charge in [0.15, 0.2) is 0 Å². The number of aliphatic hydroxyl groups is 1. The van der Waals surface area contributed by atoms with Gasteiger partial charge in [0.05, 0.1) is 12.3 Å². The van der Waals surface area contributed by atoms with Gasteiger partial charge in [-0.2, -0.15) is 5.10 Å². The average molecular weight is 270 g/mol. The Kier molecular flexibility index (Phi) is 3.62. The second-order valence-electron chi connectivity index (χ2n) is 5.97. The standard InChI is InChI=1S/C17H22N2O/c1-19-13-14(12-18-19)11-16(20)17(9-5-6-10-17)15-7-3-2-4-8-15/h2-4,7-8,12-13,16,20H,5-6,9-11H2,1H3. The molecular formula is C17H22N2O. The summed E-state index contributed by atoms with van der Waals surface area (Å²) in [5.74, 6) is 0. The van der Waals surface area contributed by atoms with Gasteiger partial charge in [0.2, 0.25) is 0 Å². The molecule has 0 bridgehead atoms. The molecule has 0 spiro atoms. The molecule has 1 aliphatic rings. The van der Waals surface area contributed by atoms with Crippen molar-refractivity contribution in [1.29, 1.82) is 0 Å². The summed E-state index contributed by atoms with van der Waals surface area (Å²) >= 11 is 0. The molecule has 3 heteroatoms. The Morgan fingerprint density at radius 2 is 1.95 bits per heavy atom. The zero-order chi connectivity index (χ0) is 14.0. The van der Waals surface area contributed by atoms with Crippen LogP contribution in [-0.4, -0.2) is 21.0 Å². The van der Waals surface area contributed by atoms with E-state index in [-0.39, 0.29) is 11.5 Å². The molecule has 3 rings (SSSR count). The molecule has 1 saturated carbocycles. The number of rotatable bonds is 4. The minimum atomic E-state index is -0.336. The Bertz CT molecular complexity index is 555. The molecule has 0 saturated heterocycles. The SMILES string of the molecule is Cn1cc(CC(O)C2(c3ccccc3)CCCC2)cn1. The molecule has 1 heterocycles. The summed E-state index contributed by atoms with van der Waals surface area (Å²) in [6.07, 6.45) is 8.78. The van der Waals surface area contributed by atoms with E-state index in [0.717, 1.165) is 18.4 Å². The van der Waals surface area contributed by atoms with E-state index < -0.39 is 0 Å². The Morgan fingerprint density at radius 3 is 2.55 bits per heavy atom. The van der Waals surface area contributed by atoms with Gasteiger partial charge in [0.25, 0.3) is 0 Å². The van der Waals surface area contributed by atoms with Crippen molar-refractivity contribution < 1.29 is 5.11 Å². The number of aryl methyl sites for hydroxylation is 1. The smallest absolute Gasteiger partial charge is 0.0678 e. The molecule has 106 valence electrons. The zero-order valence-corrected chi connectivity index (χ0v) is 12.0. The largest absolute Gasteiger partial charge is 0.392 e. The van der Waals surface area contributed by atoms with Crippen LogP contribution in [0.3, 0.4) is 0 Å². The lowest BCUT2D eigenvalue weighted by atomic mass is 9.72. The number of nitrogens with zero attached hydrogens (tertiary/aromatic N) is 2. The van der Waals surface area contributed by atoms with Crippen molar-refractivity contribution in [2.24, 2.45) is 7.05 Å². The summed E-state index contributed by atoms with van der Waals surface area (Å²) < 4.78 is 1.80. The van der Waals surface area contributed by atoms with Crippen molar-refractivity contribution >= 4 is 0 Å². The predicted octanol–water partition coefficient (Wildman–Crippen LogP) is 2.84. The van der Waals surface area contributed by atoms with E-state index in [9.17, 15) is 5.11 Å². The summed E-state index contributed by atoms with van der Waals surface area (Å²) in [4.78, 5) is 0. The van der Waals surface area contributed by atoms with E-state index in [1.165, 1.54) is 18.4 Å². The highest BCUT2D eigenvalue weighted by Gasteiger charge is 2.41. The van der Waals surface area contributed by atoms with Gasteiger partial charge in [0, 0.05) is 25.1 Å². The quantitative estimate of drug-likeness (QED) is 0.927. The van der Waals surface area contributed by atoms with E-state index in [4.69, 9.17) is 0 Å². The average Bonchev–Trinajstić information content (AvgIpc) is 3.10. The van der Waals surface area contributed by atoms with Gasteiger partial charge in [-0.25, -0.2) is 0 Å². The Labute approximate surface area is 120 Å². The lowest BCUT2D eigenvalue weighted by molar-refractivity contribution is 0.0825. The molecule has 2 aromatic rings. The fourth-order valence-corrected chi connectivity index (χ4v) is 3.59. The summed E-state index contributed by atoms with van der Waals surface area (Å²) in [5.41, 5.74) is 2.33. The lowest BCUT2D eigenvalue weighted by Crippen LogP contribution is -2.38. The summed E-state index contributed by atoms with van der Waals surface area (Å²) in [6.45, 7) is 0. The minimum Gasteiger partial charge on any atom is -0.392 e. The van der Waals surface area contributed by atoms with Crippen molar-refractivity contribution in [3.05, 3.63) is 53.9 Å². The maximum atomic E-state index is 10.9. The third-order valence-electron chi connectivity index (χ3n) is 4.67. The van der Waals surface area contributed by atoms with Gasteiger partial charge in [-0.15, -0.1) is 0 Å². The Balaban J connectivity index is 1.87. The maximum Gasteiger partial charge on any atom is 0.0678 e. The highest BCUT2D eigenvalue weighted by Crippen LogP contribution is 2.44. The molecule has 3 nitrogen and oxygen atoms in total. The number of benzene rings is 1.